The molecule has 0 aliphatic carbocycles. The molecule has 1 aromatic heterocycles. The van der Waals surface area contributed by atoms with Crippen LogP contribution >= 0.6 is 27.3 Å². The summed E-state index contributed by atoms with van der Waals surface area (Å²) in [6.07, 6.45) is 2.05. The summed E-state index contributed by atoms with van der Waals surface area (Å²) in [5.74, 6) is 0. The molecule has 17 heavy (non-hydrogen) atoms. The van der Waals surface area contributed by atoms with Gasteiger partial charge in [0.1, 0.15) is 0 Å². The minimum atomic E-state index is 0.0575. The van der Waals surface area contributed by atoms with Crippen molar-refractivity contribution in [3.63, 3.8) is 0 Å². The molecule has 0 fully saturated rings. The monoisotopic (exact) mass is 319 g/mol. The van der Waals surface area contributed by atoms with Crippen molar-refractivity contribution in [3.05, 3.63) is 20.8 Å². The van der Waals surface area contributed by atoms with Crippen molar-refractivity contribution >= 4 is 27.3 Å². The number of aliphatic hydroxyl groups excluding tert-OH is 1. The van der Waals surface area contributed by atoms with Crippen LogP contribution in [0.15, 0.2) is 15.2 Å². The summed E-state index contributed by atoms with van der Waals surface area (Å²) < 4.78 is 1.18. The van der Waals surface area contributed by atoms with E-state index in [1.807, 2.05) is 0 Å². The number of halogens is 1. The maximum atomic E-state index is 9.56. The van der Waals surface area contributed by atoms with Crippen LogP contribution in [0.3, 0.4) is 0 Å². The molecule has 0 aliphatic heterocycles. The van der Waals surface area contributed by atoms with Crippen molar-refractivity contribution in [2.75, 3.05) is 20.2 Å². The van der Waals surface area contributed by atoms with Gasteiger partial charge in [-0.1, -0.05) is 13.8 Å². The molecule has 0 aliphatic rings. The van der Waals surface area contributed by atoms with E-state index in [9.17, 15) is 5.11 Å². The largest absolute Gasteiger partial charge is 0.396 e. The second-order valence-corrected chi connectivity index (χ2v) is 7.09. The van der Waals surface area contributed by atoms with Gasteiger partial charge in [-0.05, 0) is 52.8 Å². The maximum absolute atomic E-state index is 9.56. The molecule has 98 valence electrons. The number of aliphatic hydroxyl groups is 1. The second-order valence-electron chi connectivity index (χ2n) is 4.80. The lowest BCUT2D eigenvalue weighted by atomic mass is 9.83. The Morgan fingerprint density at radius 3 is 2.47 bits per heavy atom. The quantitative estimate of drug-likeness (QED) is 0.827. The second kappa shape index (κ2) is 6.88. The highest BCUT2D eigenvalue weighted by Crippen LogP contribution is 2.28. The third-order valence-corrected chi connectivity index (χ3v) is 5.07. The zero-order valence-corrected chi connectivity index (χ0v) is 13.3. The Hall–Kier alpha value is 0.100. The van der Waals surface area contributed by atoms with E-state index in [0.29, 0.717) is 0 Å². The van der Waals surface area contributed by atoms with Gasteiger partial charge in [-0.25, -0.2) is 0 Å². The van der Waals surface area contributed by atoms with E-state index in [2.05, 4.69) is 53.2 Å². The van der Waals surface area contributed by atoms with Crippen LogP contribution in [0.1, 0.15) is 32.3 Å². The van der Waals surface area contributed by atoms with Gasteiger partial charge in [-0.2, -0.15) is 0 Å². The minimum Gasteiger partial charge on any atom is -0.396 e. The lowest BCUT2D eigenvalue weighted by Gasteiger charge is -2.33. The van der Waals surface area contributed by atoms with Gasteiger partial charge < -0.3 is 10.0 Å². The average molecular weight is 320 g/mol. The summed E-state index contributed by atoms with van der Waals surface area (Å²) in [7, 11) is 2.13. The van der Waals surface area contributed by atoms with Crippen LogP contribution in [0.25, 0.3) is 0 Å². The summed E-state index contributed by atoms with van der Waals surface area (Å²) in [4.78, 5) is 2.30. The molecular formula is C13H22BrNOS. The van der Waals surface area contributed by atoms with Crippen molar-refractivity contribution in [2.24, 2.45) is 5.41 Å². The summed E-state index contributed by atoms with van der Waals surface area (Å²) in [6.45, 7) is 6.50. The van der Waals surface area contributed by atoms with Crippen molar-refractivity contribution < 1.29 is 5.11 Å². The lowest BCUT2D eigenvalue weighted by molar-refractivity contribution is 0.0731. The van der Waals surface area contributed by atoms with Crippen LogP contribution < -0.4 is 0 Å². The highest BCUT2D eigenvalue weighted by atomic mass is 79.9. The fraction of sp³-hybridized carbons (Fsp3) is 0.692. The molecule has 0 spiro atoms. The summed E-state index contributed by atoms with van der Waals surface area (Å²) in [5.41, 5.74) is 1.39. The normalized spacial score (nSPS) is 12.4. The zero-order valence-electron chi connectivity index (χ0n) is 10.9. The van der Waals surface area contributed by atoms with Crippen LogP contribution in [-0.2, 0) is 6.54 Å². The van der Waals surface area contributed by atoms with E-state index in [1.165, 1.54) is 9.35 Å². The molecular weight excluding hydrogens is 298 g/mol. The van der Waals surface area contributed by atoms with Crippen molar-refractivity contribution in [3.8, 4) is 0 Å². The van der Waals surface area contributed by atoms with Crippen molar-refractivity contribution in [2.45, 2.75) is 33.2 Å². The van der Waals surface area contributed by atoms with Gasteiger partial charge in [0.25, 0.3) is 0 Å². The molecule has 0 aromatic carbocycles. The van der Waals surface area contributed by atoms with Gasteiger partial charge in [0.15, 0.2) is 0 Å². The molecule has 0 bridgehead atoms. The lowest BCUT2D eigenvalue weighted by Crippen LogP contribution is -2.37. The summed E-state index contributed by atoms with van der Waals surface area (Å²) in [6, 6.07) is 2.17. The highest BCUT2D eigenvalue weighted by molar-refractivity contribution is 9.11. The van der Waals surface area contributed by atoms with E-state index < -0.39 is 0 Å². The van der Waals surface area contributed by atoms with Gasteiger partial charge in [0.05, 0.1) is 3.79 Å². The van der Waals surface area contributed by atoms with Crippen LogP contribution in [0.4, 0.5) is 0 Å². The van der Waals surface area contributed by atoms with E-state index >= 15 is 0 Å². The molecule has 1 rings (SSSR count). The molecule has 0 atom stereocenters. The Morgan fingerprint density at radius 1 is 1.41 bits per heavy atom. The van der Waals surface area contributed by atoms with Gasteiger partial charge in [-0.15, -0.1) is 11.3 Å². The summed E-state index contributed by atoms with van der Waals surface area (Å²) >= 11 is 5.21. The molecule has 0 saturated carbocycles. The molecule has 0 saturated heterocycles. The van der Waals surface area contributed by atoms with Crippen LogP contribution in [-0.4, -0.2) is 30.2 Å². The number of rotatable bonds is 7. The number of thiophene rings is 1. The summed E-state index contributed by atoms with van der Waals surface area (Å²) in [5, 5.41) is 11.7. The highest BCUT2D eigenvalue weighted by Gasteiger charge is 2.26. The van der Waals surface area contributed by atoms with E-state index in [0.717, 1.165) is 25.9 Å². The van der Waals surface area contributed by atoms with E-state index in [1.54, 1.807) is 11.3 Å². The van der Waals surface area contributed by atoms with Gasteiger partial charge in [0.2, 0.25) is 0 Å². The first-order chi connectivity index (χ1) is 8.05. The maximum Gasteiger partial charge on any atom is 0.0701 e. The molecule has 0 unspecified atom stereocenters. The predicted molar refractivity (Wildman–Crippen MR) is 78.5 cm³/mol. The molecule has 2 nitrogen and oxygen atoms in total. The van der Waals surface area contributed by atoms with Crippen LogP contribution in [0.5, 0.6) is 0 Å². The zero-order chi connectivity index (χ0) is 12.9. The topological polar surface area (TPSA) is 23.5 Å². The predicted octanol–water partition coefficient (Wildman–Crippen LogP) is 3.74. The molecule has 0 amide bonds. The number of hydrogen-bond donors (Lipinski definition) is 1. The average Bonchev–Trinajstić information content (AvgIpc) is 2.72. The first-order valence-electron chi connectivity index (χ1n) is 6.07. The third kappa shape index (κ3) is 4.36. The minimum absolute atomic E-state index is 0.0575. The third-order valence-electron chi connectivity index (χ3n) is 3.51. The van der Waals surface area contributed by atoms with Crippen LogP contribution in [0.2, 0.25) is 0 Å². The molecule has 4 heteroatoms. The number of nitrogens with zero attached hydrogens (tertiary/aromatic N) is 1. The van der Waals surface area contributed by atoms with Gasteiger partial charge in [0, 0.05) is 25.1 Å². The van der Waals surface area contributed by atoms with E-state index in [-0.39, 0.29) is 12.0 Å². The molecule has 0 radical (unpaired) electrons. The first kappa shape index (κ1) is 15.2. The molecule has 1 heterocycles. The van der Waals surface area contributed by atoms with Crippen molar-refractivity contribution in [1.29, 1.82) is 0 Å². The Morgan fingerprint density at radius 2 is 2.06 bits per heavy atom. The van der Waals surface area contributed by atoms with Crippen molar-refractivity contribution in [1.82, 2.24) is 4.90 Å². The van der Waals surface area contributed by atoms with E-state index in [4.69, 9.17) is 0 Å². The Kier molecular flexibility index (Phi) is 6.13. The standard InChI is InChI=1S/C13H22BrNOS/c1-4-13(5-2,10-16)9-15(3)7-11-6-12(14)17-8-11/h6,8,16H,4-5,7,9-10H2,1-3H3. The first-order valence-corrected chi connectivity index (χ1v) is 7.75. The molecule has 1 N–H and O–H groups in total. The SMILES string of the molecule is CCC(CC)(CO)CN(C)Cc1csc(Br)c1. The Bertz CT molecular complexity index is 328. The fourth-order valence-corrected chi connectivity index (χ4v) is 3.32. The smallest absolute Gasteiger partial charge is 0.0701 e. The fourth-order valence-electron chi connectivity index (χ4n) is 2.12. The van der Waals surface area contributed by atoms with Gasteiger partial charge >= 0.3 is 0 Å². The van der Waals surface area contributed by atoms with Crippen LogP contribution in [0, 0.1) is 5.41 Å². The number of hydrogen-bond acceptors (Lipinski definition) is 3. The molecule has 1 aromatic rings. The Balaban J connectivity index is 2.56. The Labute approximate surface area is 117 Å². The van der Waals surface area contributed by atoms with Gasteiger partial charge in [-0.3, -0.25) is 0 Å².